The third-order valence-corrected chi connectivity index (χ3v) is 8.23. The minimum Gasteiger partial charge on any atom is -0.468 e. The summed E-state index contributed by atoms with van der Waals surface area (Å²) in [6.45, 7) is 6.98. The molecule has 1 fully saturated rings. The highest BCUT2D eigenvalue weighted by molar-refractivity contribution is 7.10. The Morgan fingerprint density at radius 1 is 1.00 bits per heavy atom. The predicted molar refractivity (Wildman–Crippen MR) is 157 cm³/mol. The first kappa shape index (κ1) is 28.0. The molecule has 3 aromatic carbocycles. The first-order valence-corrected chi connectivity index (χ1v) is 13.7. The van der Waals surface area contributed by atoms with Gasteiger partial charge in [0.15, 0.2) is 0 Å². The van der Waals surface area contributed by atoms with E-state index in [1.54, 1.807) is 0 Å². The molecule has 1 N–H and O–H groups in total. The van der Waals surface area contributed by atoms with E-state index in [1.807, 2.05) is 45.2 Å². The van der Waals surface area contributed by atoms with Crippen LogP contribution in [0.15, 0.2) is 66.7 Å². The van der Waals surface area contributed by atoms with E-state index in [4.69, 9.17) is 4.74 Å². The zero-order chi connectivity index (χ0) is 28.0. The minimum atomic E-state index is -0.417. The maximum Gasteiger partial charge on any atom is 0.316 e. The molecule has 0 bridgehead atoms. The molecule has 1 aromatic heterocycles. The van der Waals surface area contributed by atoms with Gasteiger partial charge in [-0.15, -0.1) is 0 Å². The summed E-state index contributed by atoms with van der Waals surface area (Å²) in [4.78, 5) is 23.1. The number of ether oxygens (including phenoxy) is 2. The molecule has 1 aliphatic rings. The van der Waals surface area contributed by atoms with Gasteiger partial charge in [0.2, 0.25) is 0 Å². The van der Waals surface area contributed by atoms with Gasteiger partial charge >= 0.3 is 5.97 Å². The van der Waals surface area contributed by atoms with Gasteiger partial charge in [0.25, 0.3) is 6.47 Å². The monoisotopic (exact) mass is 542 g/mol. The van der Waals surface area contributed by atoms with Crippen molar-refractivity contribution in [3.63, 3.8) is 0 Å². The number of aryl methyl sites for hydroxylation is 3. The zero-order valence-corrected chi connectivity index (χ0v) is 23.9. The van der Waals surface area contributed by atoms with E-state index < -0.39 is 5.41 Å². The molecule has 39 heavy (non-hydrogen) atoms. The largest absolute Gasteiger partial charge is 0.468 e. The second kappa shape index (κ2) is 12.3. The van der Waals surface area contributed by atoms with E-state index in [0.29, 0.717) is 13.1 Å². The van der Waals surface area contributed by atoms with Gasteiger partial charge in [0.1, 0.15) is 6.61 Å². The Bertz CT molecular complexity index is 1460. The molecule has 0 spiro atoms. The molecule has 0 amide bonds. The van der Waals surface area contributed by atoms with Gasteiger partial charge < -0.3 is 14.8 Å². The lowest BCUT2D eigenvalue weighted by atomic mass is 9.92. The van der Waals surface area contributed by atoms with Gasteiger partial charge in [-0.05, 0) is 90.2 Å². The van der Waals surface area contributed by atoms with Crippen LogP contribution in [0.2, 0.25) is 0 Å². The first-order valence-electron chi connectivity index (χ1n) is 12.9. The van der Waals surface area contributed by atoms with Crippen LogP contribution >= 0.6 is 11.5 Å². The van der Waals surface area contributed by atoms with E-state index in [-0.39, 0.29) is 5.97 Å². The molecular formula is C32H34N2O4S. The first-order chi connectivity index (χ1) is 18.8. The van der Waals surface area contributed by atoms with Crippen LogP contribution in [0.4, 0.5) is 5.69 Å². The molecule has 0 saturated heterocycles. The number of hydrogen-bond acceptors (Lipinski definition) is 7. The van der Waals surface area contributed by atoms with Crippen LogP contribution in [0.1, 0.15) is 40.8 Å². The van der Waals surface area contributed by atoms with Gasteiger partial charge in [-0.1, -0.05) is 60.7 Å². The summed E-state index contributed by atoms with van der Waals surface area (Å²) in [5.74, 6) is -0.124. The Morgan fingerprint density at radius 2 is 1.69 bits per heavy atom. The van der Waals surface area contributed by atoms with Crippen molar-refractivity contribution in [1.29, 1.82) is 0 Å². The van der Waals surface area contributed by atoms with Gasteiger partial charge in [-0.2, -0.15) is 4.37 Å². The number of esters is 1. The lowest BCUT2D eigenvalue weighted by Gasteiger charge is -2.14. The number of nitrogens with one attached hydrogen (secondary N) is 1. The molecule has 0 radical (unpaired) electrons. The highest BCUT2D eigenvalue weighted by Gasteiger charge is 2.52. The van der Waals surface area contributed by atoms with Gasteiger partial charge in [0, 0.05) is 7.05 Å². The number of carbonyl (C=O) groups is 2. The van der Waals surface area contributed by atoms with E-state index in [9.17, 15) is 9.59 Å². The quantitative estimate of drug-likeness (QED) is 0.191. The molecule has 1 aliphatic carbocycles. The molecule has 4 aromatic rings. The zero-order valence-electron chi connectivity index (χ0n) is 23.0. The summed E-state index contributed by atoms with van der Waals surface area (Å²) in [7, 11) is 3.40. The second-order valence-electron chi connectivity index (χ2n) is 9.74. The summed E-state index contributed by atoms with van der Waals surface area (Å²) in [5, 5.41) is 3.26. The number of carbonyl (C=O) groups excluding carboxylic acids is 2. The van der Waals surface area contributed by atoms with E-state index in [0.717, 1.165) is 46.5 Å². The van der Waals surface area contributed by atoms with Crippen molar-refractivity contribution in [3.8, 4) is 21.6 Å². The Morgan fingerprint density at radius 3 is 2.28 bits per heavy atom. The fourth-order valence-electron chi connectivity index (χ4n) is 4.79. The molecule has 0 unspecified atom stereocenters. The molecule has 7 heteroatoms. The number of nitrogens with zero attached hydrogens (tertiary/aromatic N) is 1. The van der Waals surface area contributed by atoms with E-state index in [2.05, 4.69) is 63.8 Å². The highest BCUT2D eigenvalue weighted by Crippen LogP contribution is 2.49. The SMILES string of the molecule is CNc1c(C)nsc1-c1ccc(-c2ccc(C3(C(=O)OC)CC3)cc2)c(C)c1.Cc1ccccc1COC=O. The molecule has 5 rings (SSSR count). The molecular weight excluding hydrogens is 508 g/mol. The third-order valence-electron chi connectivity index (χ3n) is 7.24. The number of anilines is 1. The van der Waals surface area contributed by atoms with Crippen LogP contribution in [0.3, 0.4) is 0 Å². The summed E-state index contributed by atoms with van der Waals surface area (Å²) < 4.78 is 14.1. The van der Waals surface area contributed by atoms with Crippen molar-refractivity contribution >= 4 is 29.7 Å². The maximum atomic E-state index is 12.1. The van der Waals surface area contributed by atoms with Crippen molar-refractivity contribution in [3.05, 3.63) is 94.7 Å². The van der Waals surface area contributed by atoms with Crippen LogP contribution in [0, 0.1) is 20.8 Å². The van der Waals surface area contributed by atoms with Crippen molar-refractivity contribution in [2.24, 2.45) is 0 Å². The van der Waals surface area contributed by atoms with Crippen LogP contribution in [0.25, 0.3) is 21.6 Å². The Labute approximate surface area is 234 Å². The predicted octanol–water partition coefficient (Wildman–Crippen LogP) is 7.01. The number of hydrogen-bond donors (Lipinski definition) is 1. The van der Waals surface area contributed by atoms with Gasteiger partial charge in [0.05, 0.1) is 28.8 Å². The summed E-state index contributed by atoms with van der Waals surface area (Å²) >= 11 is 1.52. The van der Waals surface area contributed by atoms with E-state index >= 15 is 0 Å². The number of aromatic nitrogens is 1. The number of rotatable bonds is 8. The topological polar surface area (TPSA) is 77.5 Å². The minimum absolute atomic E-state index is 0.124. The molecule has 6 nitrogen and oxygen atoms in total. The van der Waals surface area contributed by atoms with Crippen molar-refractivity contribution < 1.29 is 19.1 Å². The fraction of sp³-hybridized carbons (Fsp3) is 0.281. The standard InChI is InChI=1S/C23H24N2O2S.C9H10O2/c1-14-13-17(21-20(24-3)15(2)25-28-21)7-10-19(14)16-5-8-18(9-6-16)23(11-12-23)22(26)27-4;1-8-4-2-3-5-9(8)6-11-7-10/h5-10,13,24H,11-12H2,1-4H3;2-5,7H,6H2,1H3. The van der Waals surface area contributed by atoms with Crippen LogP contribution in [-0.4, -0.2) is 31.0 Å². The molecule has 0 aliphatic heterocycles. The highest BCUT2D eigenvalue weighted by atomic mass is 32.1. The lowest BCUT2D eigenvalue weighted by Crippen LogP contribution is -2.21. The third kappa shape index (κ3) is 6.04. The molecule has 202 valence electrons. The lowest BCUT2D eigenvalue weighted by molar-refractivity contribution is -0.143. The number of methoxy groups -OCH3 is 1. The maximum absolute atomic E-state index is 12.1. The normalized spacial score (nSPS) is 13.1. The summed E-state index contributed by atoms with van der Waals surface area (Å²) in [6.07, 6.45) is 1.74. The molecule has 0 atom stereocenters. The smallest absolute Gasteiger partial charge is 0.316 e. The summed E-state index contributed by atoms with van der Waals surface area (Å²) in [6, 6.07) is 22.7. The number of benzene rings is 3. The van der Waals surface area contributed by atoms with Crippen molar-refractivity contribution in [2.45, 2.75) is 45.6 Å². The Kier molecular flexibility index (Phi) is 8.82. The van der Waals surface area contributed by atoms with Crippen LogP contribution in [-0.2, 0) is 31.1 Å². The molecule has 1 saturated carbocycles. The summed E-state index contributed by atoms with van der Waals surface area (Å²) in [5.41, 5.74) is 9.71. The van der Waals surface area contributed by atoms with Crippen molar-refractivity contribution in [1.82, 2.24) is 4.37 Å². The van der Waals surface area contributed by atoms with Crippen LogP contribution in [0.5, 0.6) is 0 Å². The van der Waals surface area contributed by atoms with Gasteiger partial charge in [-0.3, -0.25) is 9.59 Å². The Balaban J connectivity index is 0.000000270. The van der Waals surface area contributed by atoms with Gasteiger partial charge in [-0.25, -0.2) is 0 Å². The average molecular weight is 543 g/mol. The average Bonchev–Trinajstić information content (AvgIpc) is 3.68. The second-order valence-corrected chi connectivity index (χ2v) is 10.5. The fourth-order valence-corrected chi connectivity index (χ4v) is 5.68. The Hall–Kier alpha value is -3.97. The molecule has 1 heterocycles. The van der Waals surface area contributed by atoms with Crippen molar-refractivity contribution in [2.75, 3.05) is 19.5 Å². The van der Waals surface area contributed by atoms with Crippen LogP contribution < -0.4 is 5.32 Å². The van der Waals surface area contributed by atoms with E-state index in [1.165, 1.54) is 40.2 Å².